The number of rotatable bonds is 6. The van der Waals surface area contributed by atoms with Crippen LogP contribution in [0.3, 0.4) is 0 Å². The number of amides is 1. The molecule has 0 aliphatic rings. The van der Waals surface area contributed by atoms with Gasteiger partial charge in [0.1, 0.15) is 0 Å². The molecule has 0 unspecified atom stereocenters. The van der Waals surface area contributed by atoms with Gasteiger partial charge in [0.15, 0.2) is 0 Å². The smallest absolute Gasteiger partial charge is 0.305 e. The van der Waals surface area contributed by atoms with E-state index in [0.29, 0.717) is 25.8 Å². The molecule has 0 aromatic heterocycles. The monoisotopic (exact) mass is 285 g/mol. The number of hydrogen-bond acceptors (Lipinski definition) is 3. The number of carbonyl (C=O) groups is 2. The molecular weight excluding hydrogens is 266 g/mol. The van der Waals surface area contributed by atoms with E-state index in [4.69, 9.17) is 0 Å². The molecule has 2 rings (SSSR count). The van der Waals surface area contributed by atoms with Crippen LogP contribution in [0, 0.1) is 0 Å². The topological polar surface area (TPSA) is 55.4 Å². The van der Waals surface area contributed by atoms with E-state index in [1.165, 1.54) is 7.11 Å². The first-order chi connectivity index (χ1) is 10.2. The van der Waals surface area contributed by atoms with Gasteiger partial charge >= 0.3 is 5.97 Å². The molecule has 0 saturated carbocycles. The first kappa shape index (κ1) is 15.0. The molecule has 0 saturated heterocycles. The van der Waals surface area contributed by atoms with E-state index in [2.05, 4.69) is 10.1 Å². The van der Waals surface area contributed by atoms with Crippen LogP contribution in [-0.2, 0) is 20.7 Å². The van der Waals surface area contributed by atoms with Crippen molar-refractivity contribution in [2.45, 2.75) is 19.3 Å². The fourth-order valence-electron chi connectivity index (χ4n) is 2.24. The van der Waals surface area contributed by atoms with Crippen LogP contribution in [-0.4, -0.2) is 25.5 Å². The Bertz CT molecular complexity index is 631. The molecule has 0 heterocycles. The average Bonchev–Trinajstić information content (AvgIpc) is 2.51. The lowest BCUT2D eigenvalue weighted by Crippen LogP contribution is -2.26. The summed E-state index contributed by atoms with van der Waals surface area (Å²) >= 11 is 0. The molecule has 0 spiro atoms. The Balaban J connectivity index is 1.88. The third kappa shape index (κ3) is 4.31. The maximum atomic E-state index is 11.9. The Hall–Kier alpha value is -2.36. The van der Waals surface area contributed by atoms with Crippen LogP contribution < -0.4 is 5.32 Å². The lowest BCUT2D eigenvalue weighted by atomic mass is 10.0. The fourth-order valence-corrected chi connectivity index (χ4v) is 2.24. The van der Waals surface area contributed by atoms with E-state index in [9.17, 15) is 9.59 Å². The van der Waals surface area contributed by atoms with Gasteiger partial charge in [0.05, 0.1) is 13.5 Å². The summed E-state index contributed by atoms with van der Waals surface area (Å²) in [7, 11) is 1.36. The summed E-state index contributed by atoms with van der Waals surface area (Å²) in [5.74, 6) is -0.283. The van der Waals surface area contributed by atoms with E-state index in [1.54, 1.807) is 0 Å². The molecular formula is C17H19NO3. The highest BCUT2D eigenvalue weighted by molar-refractivity contribution is 5.90. The van der Waals surface area contributed by atoms with Crippen LogP contribution in [0.25, 0.3) is 10.8 Å². The summed E-state index contributed by atoms with van der Waals surface area (Å²) in [6.07, 6.45) is 1.26. The van der Waals surface area contributed by atoms with Gasteiger partial charge in [0.2, 0.25) is 5.91 Å². The third-order valence-electron chi connectivity index (χ3n) is 3.34. The third-order valence-corrected chi connectivity index (χ3v) is 3.34. The molecule has 0 bridgehead atoms. The predicted octanol–water partition coefficient (Wildman–Crippen LogP) is 2.45. The standard InChI is InChI=1S/C17H19NO3/c1-21-17(20)10-5-11-18-16(19)12-14-8-4-7-13-6-2-3-9-15(13)14/h2-4,6-9H,5,10-12H2,1H3,(H,18,19). The lowest BCUT2D eigenvalue weighted by molar-refractivity contribution is -0.140. The van der Waals surface area contributed by atoms with Crippen molar-refractivity contribution in [2.75, 3.05) is 13.7 Å². The minimum atomic E-state index is -0.252. The molecule has 1 amide bonds. The zero-order valence-corrected chi connectivity index (χ0v) is 12.1. The number of ether oxygens (including phenoxy) is 1. The van der Waals surface area contributed by atoms with Crippen LogP contribution >= 0.6 is 0 Å². The van der Waals surface area contributed by atoms with Crippen LogP contribution in [0.2, 0.25) is 0 Å². The van der Waals surface area contributed by atoms with Gasteiger partial charge in [-0.1, -0.05) is 42.5 Å². The SMILES string of the molecule is COC(=O)CCCNC(=O)Cc1cccc2ccccc12. The summed E-state index contributed by atoms with van der Waals surface area (Å²) in [6.45, 7) is 0.485. The van der Waals surface area contributed by atoms with E-state index < -0.39 is 0 Å². The minimum Gasteiger partial charge on any atom is -0.469 e. The van der Waals surface area contributed by atoms with Crippen molar-refractivity contribution in [1.82, 2.24) is 5.32 Å². The summed E-state index contributed by atoms with van der Waals surface area (Å²) in [6, 6.07) is 14.0. The van der Waals surface area contributed by atoms with Crippen molar-refractivity contribution in [2.24, 2.45) is 0 Å². The number of methoxy groups -OCH3 is 1. The molecule has 1 N–H and O–H groups in total. The Morgan fingerprint density at radius 3 is 2.67 bits per heavy atom. The Labute approximate surface area is 124 Å². The second kappa shape index (κ2) is 7.43. The van der Waals surface area contributed by atoms with Gasteiger partial charge in [-0.15, -0.1) is 0 Å². The molecule has 0 atom stereocenters. The summed E-state index contributed by atoms with van der Waals surface area (Å²) in [5, 5.41) is 5.06. The van der Waals surface area contributed by atoms with Gasteiger partial charge in [-0.2, -0.15) is 0 Å². The van der Waals surface area contributed by atoms with E-state index in [0.717, 1.165) is 16.3 Å². The first-order valence-corrected chi connectivity index (χ1v) is 7.01. The zero-order chi connectivity index (χ0) is 15.1. The summed E-state index contributed by atoms with van der Waals surface area (Å²) in [5.41, 5.74) is 1.01. The molecule has 0 aliphatic heterocycles. The summed E-state index contributed by atoms with van der Waals surface area (Å²) in [4.78, 5) is 22.9. The molecule has 0 radical (unpaired) electrons. The molecule has 4 nitrogen and oxygen atoms in total. The molecule has 21 heavy (non-hydrogen) atoms. The Kier molecular flexibility index (Phi) is 5.32. The van der Waals surface area contributed by atoms with Crippen LogP contribution in [0.5, 0.6) is 0 Å². The molecule has 2 aromatic carbocycles. The number of benzene rings is 2. The van der Waals surface area contributed by atoms with E-state index >= 15 is 0 Å². The highest BCUT2D eigenvalue weighted by atomic mass is 16.5. The van der Waals surface area contributed by atoms with Gasteiger partial charge in [0.25, 0.3) is 0 Å². The van der Waals surface area contributed by atoms with E-state index in [-0.39, 0.29) is 11.9 Å². The maximum absolute atomic E-state index is 11.9. The van der Waals surface area contributed by atoms with Crippen LogP contribution in [0.15, 0.2) is 42.5 Å². The van der Waals surface area contributed by atoms with Gasteiger partial charge in [-0.3, -0.25) is 9.59 Å². The highest BCUT2D eigenvalue weighted by Crippen LogP contribution is 2.18. The first-order valence-electron chi connectivity index (χ1n) is 7.01. The summed E-state index contributed by atoms with van der Waals surface area (Å²) < 4.78 is 4.55. The van der Waals surface area contributed by atoms with Crippen LogP contribution in [0.1, 0.15) is 18.4 Å². The lowest BCUT2D eigenvalue weighted by Gasteiger charge is -2.07. The second-order valence-corrected chi connectivity index (χ2v) is 4.84. The van der Waals surface area contributed by atoms with Crippen molar-refractivity contribution < 1.29 is 14.3 Å². The molecule has 0 aliphatic carbocycles. The van der Waals surface area contributed by atoms with Crippen molar-refractivity contribution >= 4 is 22.6 Å². The van der Waals surface area contributed by atoms with Crippen molar-refractivity contribution in [3.8, 4) is 0 Å². The maximum Gasteiger partial charge on any atom is 0.305 e. The average molecular weight is 285 g/mol. The quantitative estimate of drug-likeness (QED) is 0.655. The molecule has 4 heteroatoms. The van der Waals surface area contributed by atoms with Gasteiger partial charge in [-0.25, -0.2) is 0 Å². The van der Waals surface area contributed by atoms with Crippen molar-refractivity contribution in [3.63, 3.8) is 0 Å². The number of hydrogen-bond donors (Lipinski definition) is 1. The number of esters is 1. The largest absolute Gasteiger partial charge is 0.469 e. The van der Waals surface area contributed by atoms with Gasteiger partial charge in [0, 0.05) is 13.0 Å². The van der Waals surface area contributed by atoms with Gasteiger partial charge in [-0.05, 0) is 22.8 Å². The number of nitrogens with one attached hydrogen (secondary N) is 1. The highest BCUT2D eigenvalue weighted by Gasteiger charge is 2.07. The van der Waals surface area contributed by atoms with Crippen molar-refractivity contribution in [3.05, 3.63) is 48.0 Å². The van der Waals surface area contributed by atoms with Crippen LogP contribution in [0.4, 0.5) is 0 Å². The van der Waals surface area contributed by atoms with E-state index in [1.807, 2.05) is 42.5 Å². The zero-order valence-electron chi connectivity index (χ0n) is 12.1. The normalized spacial score (nSPS) is 10.3. The Morgan fingerprint density at radius 2 is 1.86 bits per heavy atom. The fraction of sp³-hybridized carbons (Fsp3) is 0.294. The Morgan fingerprint density at radius 1 is 1.10 bits per heavy atom. The van der Waals surface area contributed by atoms with Crippen molar-refractivity contribution in [1.29, 1.82) is 0 Å². The molecule has 110 valence electrons. The number of fused-ring (bicyclic) bond motifs is 1. The minimum absolute atomic E-state index is 0.0313. The van der Waals surface area contributed by atoms with Gasteiger partial charge < -0.3 is 10.1 Å². The second-order valence-electron chi connectivity index (χ2n) is 4.84. The molecule has 0 fully saturated rings. The number of carbonyl (C=O) groups excluding carboxylic acids is 2. The predicted molar refractivity (Wildman–Crippen MR) is 81.9 cm³/mol. The molecule has 2 aromatic rings.